The van der Waals surface area contributed by atoms with E-state index in [2.05, 4.69) is 11.6 Å². The maximum atomic E-state index is 11.7. The molecule has 1 aliphatic rings. The summed E-state index contributed by atoms with van der Waals surface area (Å²) in [6, 6.07) is 0.210. The van der Waals surface area contributed by atoms with Gasteiger partial charge in [-0.3, -0.25) is 4.79 Å². The molecule has 32 heavy (non-hydrogen) atoms. The molecule has 0 heterocycles. The molecular weight excluding hydrogens is 434 g/mol. The van der Waals surface area contributed by atoms with Crippen LogP contribution >= 0.6 is 11.8 Å². The molecule has 0 atom stereocenters. The highest BCUT2D eigenvalue weighted by Gasteiger charge is 2.22. The number of amides is 1. The largest absolute Gasteiger partial charge is 0.463 e. The fraction of sp³-hybridized carbons (Fsp3) is 0.870. The van der Waals surface area contributed by atoms with Crippen molar-refractivity contribution in [2.24, 2.45) is 0 Å². The number of carbonyl (C=O) groups excluding carboxylic acids is 3. The molecule has 190 valence electrons. The van der Waals surface area contributed by atoms with Crippen molar-refractivity contribution in [2.45, 2.75) is 84.4 Å². The van der Waals surface area contributed by atoms with Crippen molar-refractivity contribution in [3.05, 3.63) is 0 Å². The molecule has 1 amide bonds. The third-order valence-corrected chi connectivity index (χ3v) is 5.47. The first kappa shape index (κ1) is 32.9. The van der Waals surface area contributed by atoms with Gasteiger partial charge in [0.2, 0.25) is 0 Å². The molecule has 0 unspecified atom stereocenters. The summed E-state index contributed by atoms with van der Waals surface area (Å²) in [6.07, 6.45) is 6.31. The zero-order chi connectivity index (χ0) is 24.6. The Morgan fingerprint density at radius 2 is 1.28 bits per heavy atom. The number of thioether (sulfide) groups is 1. The Kier molecular flexibility index (Phi) is 25.0. The van der Waals surface area contributed by atoms with Crippen LogP contribution in [0.5, 0.6) is 0 Å². The first-order valence-electron chi connectivity index (χ1n) is 11.8. The Hall–Kier alpha value is -1.32. The van der Waals surface area contributed by atoms with Crippen LogP contribution in [0.25, 0.3) is 0 Å². The molecule has 0 saturated heterocycles. The van der Waals surface area contributed by atoms with Gasteiger partial charge >= 0.3 is 12.1 Å². The molecule has 9 heteroatoms. The van der Waals surface area contributed by atoms with Crippen LogP contribution in [0.15, 0.2) is 0 Å². The van der Waals surface area contributed by atoms with Crippen LogP contribution in [0.1, 0.15) is 73.1 Å². The smallest absolute Gasteiger partial charge is 0.407 e. The molecule has 0 aromatic carbocycles. The van der Waals surface area contributed by atoms with Crippen LogP contribution in [0.3, 0.4) is 0 Å². The first-order valence-corrected chi connectivity index (χ1v) is 13.1. The summed E-state index contributed by atoms with van der Waals surface area (Å²) in [7, 11) is 0. The summed E-state index contributed by atoms with van der Waals surface area (Å²) in [5.74, 6) is -0.437. The number of hydrogen-bond acceptors (Lipinski definition) is 8. The van der Waals surface area contributed by atoms with Crippen LogP contribution < -0.4 is 5.32 Å². The number of ether oxygens (including phenoxy) is 4. The van der Waals surface area contributed by atoms with Gasteiger partial charge < -0.3 is 29.1 Å². The molecule has 0 bridgehead atoms. The second kappa shape index (κ2) is 24.3. The maximum Gasteiger partial charge on any atom is 0.407 e. The van der Waals surface area contributed by atoms with Gasteiger partial charge in [0.1, 0.15) is 19.0 Å². The number of nitrogens with one attached hydrogen (secondary N) is 1. The minimum absolute atomic E-state index is 0.0369. The standard InChI is InChI=1S/C19H33NO7S.2C2H6/c1-15(21)3-8-18(22)26-13-11-24-9-10-25-12-14-27-19(23)20-16-4-6-17(28-2)7-5-16;2*1-2/h16-17H,3-14H2,1-2H3,(H,20,23);2*1-2H3. The topological polar surface area (TPSA) is 100 Å². The minimum Gasteiger partial charge on any atom is -0.463 e. The van der Waals surface area contributed by atoms with Gasteiger partial charge in [-0.1, -0.05) is 27.7 Å². The summed E-state index contributed by atoms with van der Waals surface area (Å²) in [5, 5.41) is 3.61. The predicted octanol–water partition coefficient (Wildman–Crippen LogP) is 4.38. The molecule has 1 aliphatic carbocycles. The van der Waals surface area contributed by atoms with Crippen LogP contribution in [0.2, 0.25) is 0 Å². The van der Waals surface area contributed by atoms with Crippen molar-refractivity contribution in [3.8, 4) is 0 Å². The molecule has 0 radical (unpaired) electrons. The quantitative estimate of drug-likeness (QED) is 0.289. The SMILES string of the molecule is CC.CC.CSC1CCC(NC(=O)OCCOCCOCCOC(=O)CCC(C)=O)CC1. The first-order chi connectivity index (χ1) is 15.5. The lowest BCUT2D eigenvalue weighted by atomic mass is 9.95. The van der Waals surface area contributed by atoms with Crippen molar-refractivity contribution in [1.82, 2.24) is 5.32 Å². The summed E-state index contributed by atoms with van der Waals surface area (Å²) in [6.45, 7) is 11.1. The van der Waals surface area contributed by atoms with Gasteiger partial charge in [-0.2, -0.15) is 11.8 Å². The van der Waals surface area contributed by atoms with E-state index in [-0.39, 0.29) is 50.6 Å². The molecular formula is C23H45NO7S. The Balaban J connectivity index is 0. The molecule has 1 N–H and O–H groups in total. The van der Waals surface area contributed by atoms with Crippen LogP contribution in [-0.2, 0) is 28.5 Å². The van der Waals surface area contributed by atoms with E-state index < -0.39 is 5.97 Å². The van der Waals surface area contributed by atoms with Crippen LogP contribution in [0, 0.1) is 0 Å². The molecule has 0 aliphatic heterocycles. The number of alkyl carbamates (subject to hydrolysis) is 1. The van der Waals surface area contributed by atoms with Gasteiger partial charge in [-0.25, -0.2) is 4.79 Å². The van der Waals surface area contributed by atoms with Gasteiger partial charge in [-0.05, 0) is 38.9 Å². The maximum absolute atomic E-state index is 11.7. The summed E-state index contributed by atoms with van der Waals surface area (Å²) >= 11 is 1.89. The summed E-state index contributed by atoms with van der Waals surface area (Å²) < 4.78 is 20.6. The van der Waals surface area contributed by atoms with Crippen LogP contribution in [0.4, 0.5) is 4.79 Å². The number of ketones is 1. The van der Waals surface area contributed by atoms with E-state index >= 15 is 0 Å². The van der Waals surface area contributed by atoms with Crippen molar-refractivity contribution >= 4 is 29.6 Å². The average Bonchev–Trinajstić information content (AvgIpc) is 2.82. The third-order valence-electron chi connectivity index (χ3n) is 4.33. The number of rotatable bonds is 14. The molecule has 1 fully saturated rings. The second-order valence-corrected chi connectivity index (χ2v) is 7.77. The molecule has 0 aromatic rings. The number of Topliss-reactive ketones (excluding diaryl/α,β-unsaturated/α-hetero) is 1. The van der Waals surface area contributed by atoms with E-state index in [1.54, 1.807) is 0 Å². The molecule has 8 nitrogen and oxygen atoms in total. The Labute approximate surface area is 198 Å². The van der Waals surface area contributed by atoms with Gasteiger partial charge in [0.05, 0.1) is 32.8 Å². The molecule has 0 aromatic heterocycles. The molecule has 1 rings (SSSR count). The lowest BCUT2D eigenvalue weighted by Gasteiger charge is -2.27. The normalized spacial score (nSPS) is 17.1. The van der Waals surface area contributed by atoms with E-state index in [0.717, 1.165) is 25.7 Å². The third kappa shape index (κ3) is 20.6. The Morgan fingerprint density at radius 1 is 0.781 bits per heavy atom. The fourth-order valence-electron chi connectivity index (χ4n) is 2.73. The summed E-state index contributed by atoms with van der Waals surface area (Å²) in [4.78, 5) is 33.7. The summed E-state index contributed by atoms with van der Waals surface area (Å²) in [5.41, 5.74) is 0. The number of carbonyl (C=O) groups is 3. The highest BCUT2D eigenvalue weighted by Crippen LogP contribution is 2.26. The van der Waals surface area contributed by atoms with E-state index in [1.807, 2.05) is 39.5 Å². The van der Waals surface area contributed by atoms with E-state index in [1.165, 1.54) is 6.92 Å². The van der Waals surface area contributed by atoms with E-state index in [4.69, 9.17) is 18.9 Å². The van der Waals surface area contributed by atoms with Gasteiger partial charge in [-0.15, -0.1) is 0 Å². The van der Waals surface area contributed by atoms with E-state index in [0.29, 0.717) is 25.1 Å². The Morgan fingerprint density at radius 3 is 1.78 bits per heavy atom. The average molecular weight is 480 g/mol. The lowest BCUT2D eigenvalue weighted by Crippen LogP contribution is -2.38. The predicted molar refractivity (Wildman–Crippen MR) is 129 cm³/mol. The lowest BCUT2D eigenvalue weighted by molar-refractivity contribution is -0.146. The minimum atomic E-state index is -0.400. The zero-order valence-corrected chi connectivity index (χ0v) is 21.7. The van der Waals surface area contributed by atoms with Gasteiger partial charge in [0, 0.05) is 17.7 Å². The van der Waals surface area contributed by atoms with Gasteiger partial charge in [0.25, 0.3) is 0 Å². The molecule has 0 spiro atoms. The molecule has 1 saturated carbocycles. The van der Waals surface area contributed by atoms with E-state index in [9.17, 15) is 14.4 Å². The van der Waals surface area contributed by atoms with Crippen molar-refractivity contribution in [3.63, 3.8) is 0 Å². The Bertz CT molecular complexity index is 469. The van der Waals surface area contributed by atoms with Gasteiger partial charge in [0.15, 0.2) is 0 Å². The highest BCUT2D eigenvalue weighted by molar-refractivity contribution is 7.99. The van der Waals surface area contributed by atoms with Crippen LogP contribution in [-0.4, -0.2) is 75.0 Å². The zero-order valence-electron chi connectivity index (χ0n) is 20.9. The monoisotopic (exact) mass is 479 g/mol. The fourth-order valence-corrected chi connectivity index (χ4v) is 3.47. The highest BCUT2D eigenvalue weighted by atomic mass is 32.2. The number of hydrogen-bond donors (Lipinski definition) is 1. The van der Waals surface area contributed by atoms with Crippen molar-refractivity contribution in [1.29, 1.82) is 0 Å². The number of esters is 1. The van der Waals surface area contributed by atoms with Crippen molar-refractivity contribution in [2.75, 3.05) is 45.9 Å². The van der Waals surface area contributed by atoms with Crippen molar-refractivity contribution < 1.29 is 33.3 Å². The second-order valence-electron chi connectivity index (χ2n) is 6.64.